The zero-order chi connectivity index (χ0) is 17.2. The van der Waals surface area contributed by atoms with Crippen molar-refractivity contribution in [3.8, 4) is 0 Å². The van der Waals surface area contributed by atoms with Gasteiger partial charge in [-0.2, -0.15) is 0 Å². The van der Waals surface area contributed by atoms with E-state index in [1.807, 2.05) is 13.0 Å². The van der Waals surface area contributed by atoms with Gasteiger partial charge in [0.05, 0.1) is 42.8 Å². The van der Waals surface area contributed by atoms with E-state index >= 15 is 0 Å². The molecule has 2 fully saturated rings. The molecule has 0 bridgehead atoms. The Labute approximate surface area is 146 Å². The lowest BCUT2D eigenvalue weighted by Crippen LogP contribution is -2.36. The maximum Gasteiger partial charge on any atom is 0.249 e. The summed E-state index contributed by atoms with van der Waals surface area (Å²) >= 11 is 0. The fourth-order valence-corrected chi connectivity index (χ4v) is 3.62. The van der Waals surface area contributed by atoms with Crippen LogP contribution in [-0.2, 0) is 22.6 Å². The highest BCUT2D eigenvalue weighted by molar-refractivity contribution is 5.81. The fraction of sp³-hybridized carbons (Fsp3) is 0.500. The van der Waals surface area contributed by atoms with Crippen LogP contribution in [-0.4, -0.2) is 45.6 Å². The predicted octanol–water partition coefficient (Wildman–Crippen LogP) is 1.43. The zero-order valence-electron chi connectivity index (χ0n) is 14.2. The average Bonchev–Trinajstić information content (AvgIpc) is 3.33. The lowest BCUT2D eigenvalue weighted by atomic mass is 10.1. The lowest BCUT2D eigenvalue weighted by molar-refractivity contribution is -0.132. The van der Waals surface area contributed by atoms with Gasteiger partial charge in [-0.25, -0.2) is 0 Å². The van der Waals surface area contributed by atoms with Crippen LogP contribution in [0.15, 0.2) is 35.4 Å². The van der Waals surface area contributed by atoms with E-state index in [0.717, 1.165) is 42.9 Å². The summed E-state index contributed by atoms with van der Waals surface area (Å²) in [5.41, 5.74) is 2.77. The number of fused-ring (bicyclic) bond motifs is 1. The maximum absolute atomic E-state index is 12.4. The molecule has 4 heterocycles. The Morgan fingerprint density at radius 2 is 2.32 bits per heavy atom. The molecule has 0 saturated carbocycles. The summed E-state index contributed by atoms with van der Waals surface area (Å²) in [5.74, 6) is -0.0694. The number of ether oxygens (including phenoxy) is 1. The van der Waals surface area contributed by atoms with E-state index in [4.69, 9.17) is 9.15 Å². The average molecular weight is 342 g/mol. The van der Waals surface area contributed by atoms with Gasteiger partial charge in [0.25, 0.3) is 0 Å². The van der Waals surface area contributed by atoms with Crippen LogP contribution >= 0.6 is 0 Å². The van der Waals surface area contributed by atoms with Crippen molar-refractivity contribution >= 4 is 5.91 Å². The lowest BCUT2D eigenvalue weighted by Gasteiger charge is -2.21. The highest BCUT2D eigenvalue weighted by Crippen LogP contribution is 2.34. The molecular weight excluding hydrogens is 320 g/mol. The first-order chi connectivity index (χ1) is 12.2. The summed E-state index contributed by atoms with van der Waals surface area (Å²) in [4.78, 5) is 23.2. The summed E-state index contributed by atoms with van der Waals surface area (Å²) in [6.45, 7) is 4.10. The van der Waals surface area contributed by atoms with Crippen molar-refractivity contribution < 1.29 is 13.9 Å². The Kier molecular flexibility index (Phi) is 4.50. The third-order valence-corrected chi connectivity index (χ3v) is 4.93. The molecule has 0 spiro atoms. The highest BCUT2D eigenvalue weighted by atomic mass is 16.5. The Morgan fingerprint density at radius 1 is 1.40 bits per heavy atom. The predicted molar refractivity (Wildman–Crippen MR) is 89.4 cm³/mol. The van der Waals surface area contributed by atoms with Gasteiger partial charge in [-0.1, -0.05) is 0 Å². The van der Waals surface area contributed by atoms with Gasteiger partial charge in [0.2, 0.25) is 5.91 Å². The molecule has 2 aliphatic heterocycles. The normalized spacial score (nSPS) is 25.9. The van der Waals surface area contributed by atoms with Crippen LogP contribution in [0.2, 0.25) is 0 Å². The summed E-state index contributed by atoms with van der Waals surface area (Å²) in [6, 6.07) is 2.28. The molecular formula is C18H22N4O3. The molecule has 1 N–H and O–H groups in total. The SMILES string of the molecule is Cc1cnc(CNC(=O)[C@@H]2C[C@@H]3[C@@H](CCN3Cc3ccoc3)O2)cn1. The molecule has 132 valence electrons. The Balaban J connectivity index is 1.31. The number of hydrogen-bond donors (Lipinski definition) is 1. The summed E-state index contributed by atoms with van der Waals surface area (Å²) in [7, 11) is 0. The van der Waals surface area contributed by atoms with Crippen molar-refractivity contribution in [2.45, 2.75) is 51.1 Å². The summed E-state index contributed by atoms with van der Waals surface area (Å²) in [6.07, 6.45) is 8.30. The van der Waals surface area contributed by atoms with Crippen molar-refractivity contribution in [2.75, 3.05) is 6.54 Å². The smallest absolute Gasteiger partial charge is 0.249 e. The molecule has 0 radical (unpaired) electrons. The minimum absolute atomic E-state index is 0.0694. The van der Waals surface area contributed by atoms with Gasteiger partial charge >= 0.3 is 0 Å². The number of carbonyl (C=O) groups excluding carboxylic acids is 1. The number of hydrogen-bond acceptors (Lipinski definition) is 6. The van der Waals surface area contributed by atoms with Gasteiger partial charge in [-0.15, -0.1) is 0 Å². The zero-order valence-corrected chi connectivity index (χ0v) is 14.2. The summed E-state index contributed by atoms with van der Waals surface area (Å²) in [5, 5.41) is 2.91. The van der Waals surface area contributed by atoms with Crippen molar-refractivity contribution in [2.24, 2.45) is 0 Å². The first-order valence-electron chi connectivity index (χ1n) is 8.65. The molecule has 25 heavy (non-hydrogen) atoms. The third kappa shape index (κ3) is 3.57. The van der Waals surface area contributed by atoms with Crippen molar-refractivity contribution in [1.29, 1.82) is 0 Å². The first-order valence-corrected chi connectivity index (χ1v) is 8.65. The second-order valence-electron chi connectivity index (χ2n) is 6.72. The minimum Gasteiger partial charge on any atom is -0.472 e. The number of nitrogens with zero attached hydrogens (tertiary/aromatic N) is 3. The molecule has 2 aromatic rings. The second-order valence-corrected chi connectivity index (χ2v) is 6.72. The second kappa shape index (κ2) is 6.93. The number of carbonyl (C=O) groups is 1. The van der Waals surface area contributed by atoms with Gasteiger partial charge in [-0.05, 0) is 19.4 Å². The van der Waals surface area contributed by atoms with Crippen LogP contribution in [0.3, 0.4) is 0 Å². The number of furan rings is 1. The van der Waals surface area contributed by atoms with Crippen LogP contribution in [0, 0.1) is 6.92 Å². The molecule has 4 rings (SSSR count). The topological polar surface area (TPSA) is 80.5 Å². The molecule has 2 aromatic heterocycles. The quantitative estimate of drug-likeness (QED) is 0.885. The van der Waals surface area contributed by atoms with E-state index < -0.39 is 0 Å². The molecule has 2 saturated heterocycles. The van der Waals surface area contributed by atoms with Crippen molar-refractivity contribution in [3.05, 3.63) is 47.9 Å². The third-order valence-electron chi connectivity index (χ3n) is 4.93. The molecule has 0 unspecified atom stereocenters. The largest absolute Gasteiger partial charge is 0.472 e. The van der Waals surface area contributed by atoms with Gasteiger partial charge in [-0.3, -0.25) is 19.7 Å². The van der Waals surface area contributed by atoms with Crippen LogP contribution in [0.5, 0.6) is 0 Å². The molecule has 0 aromatic carbocycles. The number of likely N-dealkylation sites (tertiary alicyclic amines) is 1. The van der Waals surface area contributed by atoms with Gasteiger partial charge in [0.1, 0.15) is 6.10 Å². The van der Waals surface area contributed by atoms with Crippen molar-refractivity contribution in [3.63, 3.8) is 0 Å². The molecule has 1 amide bonds. The van der Waals surface area contributed by atoms with Gasteiger partial charge in [0.15, 0.2) is 0 Å². The van der Waals surface area contributed by atoms with E-state index in [0.29, 0.717) is 12.6 Å². The van der Waals surface area contributed by atoms with Gasteiger partial charge in [0, 0.05) is 37.3 Å². The van der Waals surface area contributed by atoms with E-state index in [1.54, 1.807) is 24.9 Å². The Hall–Kier alpha value is -2.25. The van der Waals surface area contributed by atoms with E-state index in [9.17, 15) is 4.79 Å². The van der Waals surface area contributed by atoms with Crippen LogP contribution in [0.1, 0.15) is 29.8 Å². The van der Waals surface area contributed by atoms with E-state index in [1.165, 1.54) is 0 Å². The minimum atomic E-state index is -0.388. The number of rotatable bonds is 5. The first kappa shape index (κ1) is 16.2. The number of amides is 1. The number of nitrogens with one attached hydrogen (secondary N) is 1. The van der Waals surface area contributed by atoms with Gasteiger partial charge < -0.3 is 14.5 Å². The Bertz CT molecular complexity index is 716. The molecule has 0 aliphatic carbocycles. The summed E-state index contributed by atoms with van der Waals surface area (Å²) < 4.78 is 11.1. The molecule has 7 nitrogen and oxygen atoms in total. The van der Waals surface area contributed by atoms with Crippen LogP contribution in [0.25, 0.3) is 0 Å². The molecule has 2 aliphatic rings. The van der Waals surface area contributed by atoms with E-state index in [-0.39, 0.29) is 18.1 Å². The fourth-order valence-electron chi connectivity index (χ4n) is 3.62. The molecule has 3 atom stereocenters. The number of aryl methyl sites for hydroxylation is 1. The van der Waals surface area contributed by atoms with Crippen LogP contribution < -0.4 is 5.32 Å². The maximum atomic E-state index is 12.4. The molecule has 7 heteroatoms. The monoisotopic (exact) mass is 342 g/mol. The number of aromatic nitrogens is 2. The van der Waals surface area contributed by atoms with E-state index in [2.05, 4.69) is 20.2 Å². The van der Waals surface area contributed by atoms with Crippen LogP contribution in [0.4, 0.5) is 0 Å². The standard InChI is InChI=1S/C18H22N4O3/c1-12-7-20-14(8-19-12)9-21-18(23)17-6-15-16(25-17)2-4-22(15)10-13-3-5-24-11-13/h3,5,7-8,11,15-17H,2,4,6,9-10H2,1H3,(H,21,23)/t15-,16-,17+/m1/s1. The Morgan fingerprint density at radius 3 is 3.08 bits per heavy atom. The highest BCUT2D eigenvalue weighted by Gasteiger charge is 2.45. The van der Waals surface area contributed by atoms with Crippen molar-refractivity contribution in [1.82, 2.24) is 20.2 Å².